The number of hydrogen-bond acceptors (Lipinski definition) is 7. The maximum absolute atomic E-state index is 11.8. The van der Waals surface area contributed by atoms with Crippen LogP contribution in [0.4, 0.5) is 14.9 Å². The summed E-state index contributed by atoms with van der Waals surface area (Å²) < 4.78 is 0.874. The summed E-state index contributed by atoms with van der Waals surface area (Å²) in [6.07, 6.45) is 0. The molecular formula is C13H19N5OS3. The van der Waals surface area contributed by atoms with E-state index in [1.165, 1.54) is 22.7 Å². The molecular weight excluding hydrogens is 338 g/mol. The van der Waals surface area contributed by atoms with Gasteiger partial charge < -0.3 is 4.90 Å². The highest BCUT2D eigenvalue weighted by atomic mass is 32.2. The van der Waals surface area contributed by atoms with Crippen molar-refractivity contribution in [2.24, 2.45) is 0 Å². The second kappa shape index (κ2) is 9.09. The summed E-state index contributed by atoms with van der Waals surface area (Å²) in [7, 11) is 0. The Hall–Kier alpha value is -1.16. The summed E-state index contributed by atoms with van der Waals surface area (Å²) in [6.45, 7) is 7.46. The smallest absolute Gasteiger partial charge is 0.303 e. The molecule has 0 atom stereocenters. The van der Waals surface area contributed by atoms with E-state index in [9.17, 15) is 4.79 Å². The van der Waals surface area contributed by atoms with E-state index in [4.69, 9.17) is 0 Å². The van der Waals surface area contributed by atoms with Crippen molar-refractivity contribution in [3.8, 4) is 0 Å². The van der Waals surface area contributed by atoms with Gasteiger partial charge in [0, 0.05) is 12.3 Å². The van der Waals surface area contributed by atoms with Gasteiger partial charge >= 0.3 is 6.03 Å². The van der Waals surface area contributed by atoms with Gasteiger partial charge in [-0.15, -0.1) is 21.5 Å². The first-order valence-electron chi connectivity index (χ1n) is 7.01. The Morgan fingerprint density at radius 3 is 2.82 bits per heavy atom. The molecule has 22 heavy (non-hydrogen) atoms. The molecule has 0 aromatic carbocycles. The van der Waals surface area contributed by atoms with E-state index in [0.717, 1.165) is 34.7 Å². The first kappa shape index (κ1) is 17.2. The molecule has 0 fully saturated rings. The van der Waals surface area contributed by atoms with Crippen LogP contribution in [-0.2, 0) is 0 Å². The number of amides is 2. The van der Waals surface area contributed by atoms with Gasteiger partial charge in [-0.25, -0.2) is 4.79 Å². The molecule has 0 radical (unpaired) electrons. The van der Waals surface area contributed by atoms with Crippen molar-refractivity contribution >= 4 is 50.6 Å². The van der Waals surface area contributed by atoms with E-state index in [-0.39, 0.29) is 6.03 Å². The zero-order chi connectivity index (χ0) is 15.8. The van der Waals surface area contributed by atoms with E-state index in [0.29, 0.717) is 5.13 Å². The molecule has 120 valence electrons. The van der Waals surface area contributed by atoms with Crippen LogP contribution in [-0.4, -0.2) is 46.5 Å². The van der Waals surface area contributed by atoms with Crippen molar-refractivity contribution in [2.75, 3.05) is 36.0 Å². The lowest BCUT2D eigenvalue weighted by Crippen LogP contribution is -2.25. The molecule has 0 unspecified atom stereocenters. The predicted molar refractivity (Wildman–Crippen MR) is 95.4 cm³/mol. The van der Waals surface area contributed by atoms with Crippen LogP contribution in [0, 0.1) is 0 Å². The highest BCUT2D eigenvalue weighted by Gasteiger charge is 2.09. The molecule has 2 rings (SSSR count). The van der Waals surface area contributed by atoms with Crippen LogP contribution in [0.2, 0.25) is 0 Å². The quantitative estimate of drug-likeness (QED) is 0.557. The van der Waals surface area contributed by atoms with E-state index in [1.54, 1.807) is 11.8 Å². The summed E-state index contributed by atoms with van der Waals surface area (Å²) in [5.41, 5.74) is 0. The minimum atomic E-state index is -0.293. The van der Waals surface area contributed by atoms with Gasteiger partial charge in [-0.1, -0.05) is 36.9 Å². The molecule has 0 aliphatic heterocycles. The third-order valence-corrected chi connectivity index (χ3v) is 5.65. The summed E-state index contributed by atoms with van der Waals surface area (Å²) in [4.78, 5) is 14.1. The molecule has 0 spiro atoms. The number of thiophene rings is 1. The summed E-state index contributed by atoms with van der Waals surface area (Å²) in [5, 5.41) is 16.7. The maximum atomic E-state index is 11.8. The standard InChI is InChI=1S/C13H19N5OS3/c1-3-18(4-2)7-9-21-13-17-16-12(22-13)15-11(19)14-10-6-5-8-20-10/h5-6,8H,3-4,7,9H2,1-2H3,(H2,14,15,16,19). The molecule has 0 aliphatic carbocycles. The minimum absolute atomic E-state index is 0.293. The van der Waals surface area contributed by atoms with Gasteiger partial charge in [-0.3, -0.25) is 10.6 Å². The molecule has 0 aliphatic rings. The van der Waals surface area contributed by atoms with Crippen LogP contribution < -0.4 is 10.6 Å². The molecule has 2 aromatic rings. The Labute approximate surface area is 142 Å². The maximum Gasteiger partial charge on any atom is 0.326 e. The third-order valence-electron chi connectivity index (χ3n) is 2.91. The summed E-state index contributed by atoms with van der Waals surface area (Å²) in [6, 6.07) is 3.44. The molecule has 9 heteroatoms. The Morgan fingerprint density at radius 1 is 1.32 bits per heavy atom. The highest BCUT2D eigenvalue weighted by Crippen LogP contribution is 2.25. The molecule has 0 bridgehead atoms. The van der Waals surface area contributed by atoms with E-state index in [1.807, 2.05) is 17.5 Å². The molecule has 2 heterocycles. The number of nitrogens with zero attached hydrogens (tertiary/aromatic N) is 3. The van der Waals surface area contributed by atoms with Crippen LogP contribution >= 0.6 is 34.4 Å². The molecule has 2 N–H and O–H groups in total. The van der Waals surface area contributed by atoms with E-state index < -0.39 is 0 Å². The SMILES string of the molecule is CCN(CC)CCSc1nnc(NC(=O)Nc2cccs2)s1. The fourth-order valence-electron chi connectivity index (χ4n) is 1.71. The zero-order valence-corrected chi connectivity index (χ0v) is 15.0. The van der Waals surface area contributed by atoms with Gasteiger partial charge in [0.25, 0.3) is 0 Å². The van der Waals surface area contributed by atoms with Gasteiger partial charge in [-0.2, -0.15) is 0 Å². The average Bonchev–Trinajstić information content (AvgIpc) is 3.16. The van der Waals surface area contributed by atoms with Gasteiger partial charge in [-0.05, 0) is 30.6 Å². The average molecular weight is 358 g/mol. The van der Waals surface area contributed by atoms with Crippen molar-refractivity contribution in [3.05, 3.63) is 17.5 Å². The largest absolute Gasteiger partial charge is 0.326 e. The van der Waals surface area contributed by atoms with E-state index >= 15 is 0 Å². The number of urea groups is 1. The van der Waals surface area contributed by atoms with Gasteiger partial charge in [0.05, 0.1) is 5.00 Å². The van der Waals surface area contributed by atoms with Crippen LogP contribution in [0.1, 0.15) is 13.8 Å². The van der Waals surface area contributed by atoms with Crippen LogP contribution in [0.15, 0.2) is 21.9 Å². The van der Waals surface area contributed by atoms with Crippen molar-refractivity contribution in [1.29, 1.82) is 0 Å². The first-order valence-corrected chi connectivity index (χ1v) is 9.69. The van der Waals surface area contributed by atoms with Crippen molar-refractivity contribution in [1.82, 2.24) is 15.1 Å². The number of anilines is 2. The van der Waals surface area contributed by atoms with Crippen molar-refractivity contribution in [2.45, 2.75) is 18.2 Å². The van der Waals surface area contributed by atoms with E-state index in [2.05, 4.69) is 39.6 Å². The number of carbonyl (C=O) groups is 1. The Balaban J connectivity index is 1.75. The molecule has 0 saturated heterocycles. The summed E-state index contributed by atoms with van der Waals surface area (Å²) >= 11 is 4.53. The molecule has 0 saturated carbocycles. The second-order valence-electron chi connectivity index (χ2n) is 4.30. The second-order valence-corrected chi connectivity index (χ2v) is 7.57. The normalized spacial score (nSPS) is 10.9. The number of carbonyl (C=O) groups excluding carboxylic acids is 1. The Kier molecular flexibility index (Phi) is 7.10. The lowest BCUT2D eigenvalue weighted by molar-refractivity contribution is 0.262. The monoisotopic (exact) mass is 357 g/mol. The van der Waals surface area contributed by atoms with Gasteiger partial charge in [0.1, 0.15) is 0 Å². The number of thioether (sulfide) groups is 1. The lowest BCUT2D eigenvalue weighted by Gasteiger charge is -2.16. The molecule has 6 nitrogen and oxygen atoms in total. The van der Waals surface area contributed by atoms with Crippen molar-refractivity contribution in [3.63, 3.8) is 0 Å². The zero-order valence-electron chi connectivity index (χ0n) is 12.5. The fourth-order valence-corrected chi connectivity index (χ4v) is 4.14. The van der Waals surface area contributed by atoms with Gasteiger partial charge in [0.15, 0.2) is 4.34 Å². The van der Waals surface area contributed by atoms with Crippen LogP contribution in [0.3, 0.4) is 0 Å². The fraction of sp³-hybridized carbons (Fsp3) is 0.462. The summed E-state index contributed by atoms with van der Waals surface area (Å²) in [5.74, 6) is 0.970. The molecule has 2 aromatic heterocycles. The minimum Gasteiger partial charge on any atom is -0.303 e. The number of nitrogens with one attached hydrogen (secondary N) is 2. The Morgan fingerprint density at radius 2 is 2.14 bits per heavy atom. The Bertz CT molecular complexity index is 568. The number of aromatic nitrogens is 2. The number of rotatable bonds is 8. The van der Waals surface area contributed by atoms with Crippen LogP contribution in [0.25, 0.3) is 0 Å². The molecule has 2 amide bonds. The number of hydrogen-bond donors (Lipinski definition) is 2. The van der Waals surface area contributed by atoms with Crippen molar-refractivity contribution < 1.29 is 4.79 Å². The highest BCUT2D eigenvalue weighted by molar-refractivity contribution is 8.01. The predicted octanol–water partition coefficient (Wildman–Crippen LogP) is 3.68. The third kappa shape index (κ3) is 5.56. The topological polar surface area (TPSA) is 70.2 Å². The first-order chi connectivity index (χ1) is 10.7. The van der Waals surface area contributed by atoms with Crippen LogP contribution in [0.5, 0.6) is 0 Å². The lowest BCUT2D eigenvalue weighted by atomic mass is 10.5. The van der Waals surface area contributed by atoms with Gasteiger partial charge in [0.2, 0.25) is 5.13 Å².